The fraction of sp³-hybridized carbons (Fsp3) is 0.158. The van der Waals surface area contributed by atoms with Crippen LogP contribution in [0.2, 0.25) is 0 Å². The van der Waals surface area contributed by atoms with E-state index >= 15 is 0 Å². The third kappa shape index (κ3) is 3.85. The standard InChI is InChI=1S/C19H18N2OS/c1-15(22)21(13-12-16-8-4-2-5-9-16)19-20-18(14-23-19)17-10-6-3-7-11-17/h2-11,14H,12-13H2,1H3. The van der Waals surface area contributed by atoms with Crippen molar-refractivity contribution >= 4 is 22.4 Å². The second kappa shape index (κ2) is 7.20. The van der Waals surface area contributed by atoms with Gasteiger partial charge >= 0.3 is 0 Å². The molecule has 0 N–H and O–H groups in total. The third-order valence-electron chi connectivity index (χ3n) is 3.64. The molecule has 2 aromatic carbocycles. The summed E-state index contributed by atoms with van der Waals surface area (Å²) in [5.74, 6) is 0.0230. The molecule has 0 unspecified atom stereocenters. The Morgan fingerprint density at radius 3 is 2.35 bits per heavy atom. The molecule has 4 heteroatoms. The zero-order chi connectivity index (χ0) is 16.1. The zero-order valence-corrected chi connectivity index (χ0v) is 13.8. The normalized spacial score (nSPS) is 10.5. The van der Waals surface area contributed by atoms with Crippen LogP contribution in [0.3, 0.4) is 0 Å². The van der Waals surface area contributed by atoms with Crippen LogP contribution in [0.25, 0.3) is 11.3 Å². The molecule has 0 aliphatic rings. The van der Waals surface area contributed by atoms with Crippen molar-refractivity contribution in [3.8, 4) is 11.3 Å². The van der Waals surface area contributed by atoms with Crippen molar-refractivity contribution in [1.82, 2.24) is 4.98 Å². The lowest BCUT2D eigenvalue weighted by Crippen LogP contribution is -2.30. The summed E-state index contributed by atoms with van der Waals surface area (Å²) in [6.45, 7) is 2.23. The molecule has 1 aromatic heterocycles. The molecule has 0 saturated carbocycles. The van der Waals surface area contributed by atoms with Crippen LogP contribution in [-0.2, 0) is 11.2 Å². The maximum atomic E-state index is 12.0. The molecule has 3 nitrogen and oxygen atoms in total. The Bertz CT molecular complexity index is 768. The molecular formula is C19H18N2OS. The highest BCUT2D eigenvalue weighted by atomic mass is 32.1. The van der Waals surface area contributed by atoms with Crippen LogP contribution in [0.1, 0.15) is 12.5 Å². The Morgan fingerprint density at radius 2 is 1.70 bits per heavy atom. The van der Waals surface area contributed by atoms with Gasteiger partial charge in [-0.05, 0) is 12.0 Å². The number of amides is 1. The van der Waals surface area contributed by atoms with Gasteiger partial charge in [-0.3, -0.25) is 9.69 Å². The predicted octanol–water partition coefficient (Wildman–Crippen LogP) is 4.41. The second-order valence-corrected chi connectivity index (χ2v) is 6.12. The Morgan fingerprint density at radius 1 is 1.04 bits per heavy atom. The van der Waals surface area contributed by atoms with Crippen LogP contribution < -0.4 is 4.90 Å². The van der Waals surface area contributed by atoms with Gasteiger partial charge in [0.05, 0.1) is 5.69 Å². The van der Waals surface area contributed by atoms with Gasteiger partial charge in [0.2, 0.25) is 5.91 Å². The fourth-order valence-electron chi connectivity index (χ4n) is 2.40. The van der Waals surface area contributed by atoms with Crippen molar-refractivity contribution < 1.29 is 4.79 Å². The van der Waals surface area contributed by atoms with E-state index < -0.39 is 0 Å². The molecule has 1 heterocycles. The third-order valence-corrected chi connectivity index (χ3v) is 4.50. The van der Waals surface area contributed by atoms with E-state index in [0.717, 1.165) is 22.8 Å². The highest BCUT2D eigenvalue weighted by Gasteiger charge is 2.16. The van der Waals surface area contributed by atoms with Crippen molar-refractivity contribution in [3.05, 3.63) is 71.6 Å². The molecule has 0 atom stereocenters. The molecule has 23 heavy (non-hydrogen) atoms. The lowest BCUT2D eigenvalue weighted by molar-refractivity contribution is -0.116. The smallest absolute Gasteiger partial charge is 0.225 e. The van der Waals surface area contributed by atoms with Crippen LogP contribution >= 0.6 is 11.3 Å². The van der Waals surface area contributed by atoms with Gasteiger partial charge in [0.1, 0.15) is 0 Å². The van der Waals surface area contributed by atoms with Crippen molar-refractivity contribution in [2.75, 3.05) is 11.4 Å². The summed E-state index contributed by atoms with van der Waals surface area (Å²) in [6.07, 6.45) is 0.820. The first-order valence-electron chi connectivity index (χ1n) is 7.57. The molecule has 0 saturated heterocycles. The average Bonchev–Trinajstić information content (AvgIpc) is 3.06. The molecule has 0 bridgehead atoms. The summed E-state index contributed by atoms with van der Waals surface area (Å²) in [6, 6.07) is 20.2. The molecular weight excluding hydrogens is 304 g/mol. The van der Waals surface area contributed by atoms with Crippen molar-refractivity contribution in [3.63, 3.8) is 0 Å². The van der Waals surface area contributed by atoms with E-state index in [-0.39, 0.29) is 5.91 Å². The fourth-order valence-corrected chi connectivity index (χ4v) is 3.31. The molecule has 3 rings (SSSR count). The number of rotatable bonds is 5. The minimum Gasteiger partial charge on any atom is -0.288 e. The minimum atomic E-state index is 0.0230. The summed E-state index contributed by atoms with van der Waals surface area (Å²) in [4.78, 5) is 18.4. The summed E-state index contributed by atoms with van der Waals surface area (Å²) in [7, 11) is 0. The van der Waals surface area contributed by atoms with Crippen molar-refractivity contribution in [2.24, 2.45) is 0 Å². The number of aromatic nitrogens is 1. The number of carbonyl (C=O) groups excluding carboxylic acids is 1. The number of anilines is 1. The van der Waals surface area contributed by atoms with Crippen LogP contribution in [0.5, 0.6) is 0 Å². The lowest BCUT2D eigenvalue weighted by Gasteiger charge is -2.17. The minimum absolute atomic E-state index is 0.0230. The van der Waals surface area contributed by atoms with E-state index in [2.05, 4.69) is 17.1 Å². The van der Waals surface area contributed by atoms with E-state index in [1.165, 1.54) is 16.9 Å². The summed E-state index contributed by atoms with van der Waals surface area (Å²) >= 11 is 1.51. The highest BCUT2D eigenvalue weighted by molar-refractivity contribution is 7.14. The molecule has 1 amide bonds. The summed E-state index contributed by atoms with van der Waals surface area (Å²) in [5.41, 5.74) is 3.21. The predicted molar refractivity (Wildman–Crippen MR) is 95.7 cm³/mol. The van der Waals surface area contributed by atoms with Crippen LogP contribution in [0.15, 0.2) is 66.0 Å². The van der Waals surface area contributed by atoms with Crippen LogP contribution in [0, 0.1) is 0 Å². The van der Waals surface area contributed by atoms with E-state index in [0.29, 0.717) is 6.54 Å². The molecule has 0 spiro atoms. The first kappa shape index (κ1) is 15.4. The quantitative estimate of drug-likeness (QED) is 0.697. The average molecular weight is 322 g/mol. The monoisotopic (exact) mass is 322 g/mol. The molecule has 116 valence electrons. The van der Waals surface area contributed by atoms with Crippen LogP contribution in [-0.4, -0.2) is 17.4 Å². The lowest BCUT2D eigenvalue weighted by atomic mass is 10.1. The number of benzene rings is 2. The van der Waals surface area contributed by atoms with Crippen molar-refractivity contribution in [1.29, 1.82) is 0 Å². The topological polar surface area (TPSA) is 33.2 Å². The van der Waals surface area contributed by atoms with Crippen LogP contribution in [0.4, 0.5) is 5.13 Å². The summed E-state index contributed by atoms with van der Waals surface area (Å²) < 4.78 is 0. The Kier molecular flexibility index (Phi) is 4.83. The van der Waals surface area contributed by atoms with Crippen molar-refractivity contribution in [2.45, 2.75) is 13.3 Å². The first-order chi connectivity index (χ1) is 11.2. The molecule has 3 aromatic rings. The van der Waals surface area contributed by atoms with Gasteiger partial charge < -0.3 is 0 Å². The van der Waals surface area contributed by atoms with Gasteiger partial charge in [0, 0.05) is 24.4 Å². The number of hydrogen-bond donors (Lipinski definition) is 0. The Balaban J connectivity index is 1.76. The highest BCUT2D eigenvalue weighted by Crippen LogP contribution is 2.27. The maximum Gasteiger partial charge on any atom is 0.225 e. The summed E-state index contributed by atoms with van der Waals surface area (Å²) in [5, 5.41) is 2.76. The van der Waals surface area contributed by atoms with Gasteiger partial charge in [-0.2, -0.15) is 0 Å². The second-order valence-electron chi connectivity index (χ2n) is 5.29. The number of carbonyl (C=O) groups is 1. The van der Waals surface area contributed by atoms with E-state index in [1.807, 2.05) is 53.9 Å². The van der Waals surface area contributed by atoms with Gasteiger partial charge in [0.15, 0.2) is 5.13 Å². The van der Waals surface area contributed by atoms with E-state index in [1.54, 1.807) is 11.8 Å². The number of nitrogens with zero attached hydrogens (tertiary/aromatic N) is 2. The first-order valence-corrected chi connectivity index (χ1v) is 8.45. The Labute approximate surface area is 140 Å². The zero-order valence-electron chi connectivity index (χ0n) is 13.0. The van der Waals surface area contributed by atoms with Gasteiger partial charge in [-0.25, -0.2) is 4.98 Å². The molecule has 0 radical (unpaired) electrons. The van der Waals surface area contributed by atoms with Gasteiger partial charge in [-0.1, -0.05) is 60.7 Å². The Hall–Kier alpha value is -2.46. The number of thiazole rings is 1. The molecule has 0 aliphatic carbocycles. The largest absolute Gasteiger partial charge is 0.288 e. The van der Waals surface area contributed by atoms with E-state index in [4.69, 9.17) is 0 Å². The SMILES string of the molecule is CC(=O)N(CCc1ccccc1)c1nc(-c2ccccc2)cs1. The molecule has 0 aliphatic heterocycles. The molecule has 0 fully saturated rings. The van der Waals surface area contributed by atoms with Gasteiger partial charge in [-0.15, -0.1) is 11.3 Å². The van der Waals surface area contributed by atoms with E-state index in [9.17, 15) is 4.79 Å². The maximum absolute atomic E-state index is 12.0. The van der Waals surface area contributed by atoms with Gasteiger partial charge in [0.25, 0.3) is 0 Å². The number of hydrogen-bond acceptors (Lipinski definition) is 3.